The number of halogens is 3. The molecule has 0 bridgehead atoms. The van der Waals surface area contributed by atoms with Crippen LogP contribution in [0, 0.1) is 5.92 Å². The van der Waals surface area contributed by atoms with Gasteiger partial charge in [-0.05, 0) is 36.6 Å². The number of hydrogen-bond acceptors (Lipinski definition) is 2. The third kappa shape index (κ3) is 3.18. The van der Waals surface area contributed by atoms with Gasteiger partial charge in [0.05, 0.1) is 17.7 Å². The van der Waals surface area contributed by atoms with Gasteiger partial charge in [0.15, 0.2) is 0 Å². The lowest BCUT2D eigenvalue weighted by Gasteiger charge is -2.13. The Morgan fingerprint density at radius 3 is 2.35 bits per heavy atom. The second kappa shape index (κ2) is 5.26. The summed E-state index contributed by atoms with van der Waals surface area (Å²) in [5, 5.41) is 5.37. The molecule has 0 aromatic heterocycles. The minimum Gasteiger partial charge on any atom is -0.272 e. The summed E-state index contributed by atoms with van der Waals surface area (Å²) >= 11 is 0. The Labute approximate surface area is 115 Å². The van der Waals surface area contributed by atoms with Crippen LogP contribution in [0.4, 0.5) is 18.9 Å². The summed E-state index contributed by atoms with van der Waals surface area (Å²) in [7, 11) is 0. The summed E-state index contributed by atoms with van der Waals surface area (Å²) in [6.45, 7) is 4.04. The van der Waals surface area contributed by atoms with Crippen LogP contribution in [0.1, 0.15) is 32.3 Å². The molecule has 1 aliphatic rings. The monoisotopic (exact) mass is 284 g/mol. The molecule has 6 heteroatoms. The predicted molar refractivity (Wildman–Crippen MR) is 70.4 cm³/mol. The lowest BCUT2D eigenvalue weighted by Crippen LogP contribution is -2.19. The molecule has 0 atom stereocenters. The summed E-state index contributed by atoms with van der Waals surface area (Å²) < 4.78 is 37.4. The van der Waals surface area contributed by atoms with Crippen LogP contribution in [0.2, 0.25) is 0 Å². The van der Waals surface area contributed by atoms with Gasteiger partial charge in [0, 0.05) is 5.71 Å². The minimum absolute atomic E-state index is 0.208. The largest absolute Gasteiger partial charge is 0.416 e. The van der Waals surface area contributed by atoms with Gasteiger partial charge in [0.1, 0.15) is 0 Å². The Morgan fingerprint density at radius 1 is 1.25 bits per heavy atom. The molecule has 1 aliphatic heterocycles. The molecule has 1 heterocycles. The third-order valence-corrected chi connectivity index (χ3v) is 2.92. The molecule has 3 nitrogen and oxygen atoms in total. The quantitative estimate of drug-likeness (QED) is 0.830. The summed E-state index contributed by atoms with van der Waals surface area (Å²) in [5.74, 6) is 0.175. The van der Waals surface area contributed by atoms with Crippen LogP contribution in [0.25, 0.3) is 0 Å². The molecule has 0 spiro atoms. The first-order valence-corrected chi connectivity index (χ1v) is 6.34. The number of carbonyl (C=O) groups is 1. The Hall–Kier alpha value is -1.85. The number of alkyl halides is 3. The third-order valence-electron chi connectivity index (χ3n) is 2.92. The van der Waals surface area contributed by atoms with Gasteiger partial charge in [-0.3, -0.25) is 4.79 Å². The Morgan fingerprint density at radius 2 is 1.85 bits per heavy atom. The maximum atomic E-state index is 12.5. The number of nitrogens with zero attached hydrogens (tertiary/aromatic N) is 2. The molecular weight excluding hydrogens is 269 g/mol. The second-order valence-corrected chi connectivity index (χ2v) is 5.19. The standard InChI is InChI=1S/C14H15F3N2O/c1-9(2)7-11-8-13(20)19(18-11)12-5-3-10(4-6-12)14(15,16)17/h3-6,9H,7-8H2,1-2H3. The van der Waals surface area contributed by atoms with Gasteiger partial charge in [-0.2, -0.15) is 18.3 Å². The molecule has 0 saturated carbocycles. The van der Waals surface area contributed by atoms with Gasteiger partial charge in [0.2, 0.25) is 0 Å². The van der Waals surface area contributed by atoms with E-state index in [2.05, 4.69) is 5.10 Å². The number of benzene rings is 1. The number of hydrogen-bond donors (Lipinski definition) is 0. The summed E-state index contributed by atoms with van der Waals surface area (Å²) in [4.78, 5) is 11.8. The summed E-state index contributed by atoms with van der Waals surface area (Å²) in [6, 6.07) is 4.45. The van der Waals surface area contributed by atoms with Crippen molar-refractivity contribution in [2.45, 2.75) is 32.9 Å². The lowest BCUT2D eigenvalue weighted by molar-refractivity contribution is -0.137. The predicted octanol–water partition coefficient (Wildman–Crippen LogP) is 3.84. The zero-order chi connectivity index (χ0) is 14.9. The number of hydrazone groups is 1. The molecule has 1 aromatic rings. The van der Waals surface area contributed by atoms with Gasteiger partial charge in [0.25, 0.3) is 5.91 Å². The van der Waals surface area contributed by atoms with E-state index < -0.39 is 11.7 Å². The first-order chi connectivity index (χ1) is 9.27. The van der Waals surface area contributed by atoms with E-state index in [1.165, 1.54) is 17.1 Å². The van der Waals surface area contributed by atoms with Crippen molar-refractivity contribution in [3.8, 4) is 0 Å². The number of anilines is 1. The molecule has 0 fully saturated rings. The van der Waals surface area contributed by atoms with E-state index in [1.54, 1.807) is 0 Å². The van der Waals surface area contributed by atoms with Crippen molar-refractivity contribution in [2.75, 3.05) is 5.01 Å². The normalized spacial score (nSPS) is 16.0. The van der Waals surface area contributed by atoms with Crippen LogP contribution < -0.4 is 5.01 Å². The van der Waals surface area contributed by atoms with Crippen LogP contribution >= 0.6 is 0 Å². The van der Waals surface area contributed by atoms with Crippen molar-refractivity contribution in [2.24, 2.45) is 11.0 Å². The van der Waals surface area contributed by atoms with Gasteiger partial charge >= 0.3 is 6.18 Å². The average Bonchev–Trinajstić information content (AvgIpc) is 2.68. The smallest absolute Gasteiger partial charge is 0.272 e. The van der Waals surface area contributed by atoms with Gasteiger partial charge in [-0.15, -0.1) is 0 Å². The molecule has 0 radical (unpaired) electrons. The molecule has 0 N–H and O–H groups in total. The highest BCUT2D eigenvalue weighted by Crippen LogP contribution is 2.31. The maximum absolute atomic E-state index is 12.5. The lowest BCUT2D eigenvalue weighted by atomic mass is 10.1. The summed E-state index contributed by atoms with van der Waals surface area (Å²) in [6.07, 6.45) is -3.43. The van der Waals surface area contributed by atoms with Gasteiger partial charge in [-0.1, -0.05) is 13.8 Å². The van der Waals surface area contributed by atoms with E-state index in [1.807, 2.05) is 13.8 Å². The fourth-order valence-corrected chi connectivity index (χ4v) is 2.06. The summed E-state index contributed by atoms with van der Waals surface area (Å²) in [5.41, 5.74) is 0.394. The second-order valence-electron chi connectivity index (χ2n) is 5.19. The van der Waals surface area contributed by atoms with Gasteiger partial charge in [-0.25, -0.2) is 5.01 Å². The zero-order valence-corrected chi connectivity index (χ0v) is 11.2. The van der Waals surface area contributed by atoms with Crippen molar-refractivity contribution >= 4 is 17.3 Å². The van der Waals surface area contributed by atoms with Gasteiger partial charge < -0.3 is 0 Å². The van der Waals surface area contributed by atoms with Crippen molar-refractivity contribution in [3.05, 3.63) is 29.8 Å². The molecular formula is C14H15F3N2O. The SMILES string of the molecule is CC(C)CC1=NN(c2ccc(C(F)(F)F)cc2)C(=O)C1. The van der Waals surface area contributed by atoms with E-state index in [-0.39, 0.29) is 12.3 Å². The van der Waals surface area contributed by atoms with E-state index in [4.69, 9.17) is 0 Å². The Bertz CT molecular complexity index is 532. The number of amides is 1. The molecule has 0 unspecified atom stereocenters. The maximum Gasteiger partial charge on any atom is 0.416 e. The number of carbonyl (C=O) groups excluding carboxylic acids is 1. The zero-order valence-electron chi connectivity index (χ0n) is 11.2. The van der Waals surface area contributed by atoms with E-state index in [9.17, 15) is 18.0 Å². The van der Waals surface area contributed by atoms with Crippen LogP contribution in [0.5, 0.6) is 0 Å². The average molecular weight is 284 g/mol. The highest BCUT2D eigenvalue weighted by atomic mass is 19.4. The fraction of sp³-hybridized carbons (Fsp3) is 0.429. The topological polar surface area (TPSA) is 32.7 Å². The molecule has 2 rings (SSSR count). The van der Waals surface area contributed by atoms with E-state index >= 15 is 0 Å². The van der Waals surface area contributed by atoms with Crippen molar-refractivity contribution in [1.82, 2.24) is 0 Å². The highest BCUT2D eigenvalue weighted by molar-refractivity contribution is 6.12. The fourth-order valence-electron chi connectivity index (χ4n) is 2.06. The molecule has 108 valence electrons. The Kier molecular flexibility index (Phi) is 3.83. The van der Waals surface area contributed by atoms with Crippen LogP contribution in [0.3, 0.4) is 0 Å². The van der Waals surface area contributed by atoms with E-state index in [0.717, 1.165) is 17.8 Å². The first-order valence-electron chi connectivity index (χ1n) is 6.34. The molecule has 1 aromatic carbocycles. The van der Waals surface area contributed by atoms with Crippen LogP contribution in [0.15, 0.2) is 29.4 Å². The molecule has 0 saturated heterocycles. The molecule has 0 aliphatic carbocycles. The van der Waals surface area contributed by atoms with Crippen molar-refractivity contribution in [3.63, 3.8) is 0 Å². The first kappa shape index (κ1) is 14.6. The Balaban J connectivity index is 2.19. The van der Waals surface area contributed by atoms with Crippen LogP contribution in [-0.2, 0) is 11.0 Å². The van der Waals surface area contributed by atoms with Crippen LogP contribution in [-0.4, -0.2) is 11.6 Å². The number of rotatable bonds is 3. The van der Waals surface area contributed by atoms with E-state index in [0.29, 0.717) is 18.0 Å². The van der Waals surface area contributed by atoms with Crippen molar-refractivity contribution in [1.29, 1.82) is 0 Å². The molecule has 1 amide bonds. The minimum atomic E-state index is -4.38. The van der Waals surface area contributed by atoms with Crippen molar-refractivity contribution < 1.29 is 18.0 Å². The highest BCUT2D eigenvalue weighted by Gasteiger charge is 2.31. The molecule has 20 heavy (non-hydrogen) atoms.